The Morgan fingerprint density at radius 2 is 2.00 bits per heavy atom. The van der Waals surface area contributed by atoms with Crippen LogP contribution in [0.15, 0.2) is 46.9 Å². The maximum Gasteiger partial charge on any atom is 0.119 e. The first-order valence-electron chi connectivity index (χ1n) is 6.77. The standard InChI is InChI=1S/C17H20BrNO/c1-13-6-7-15(17(18)10-13)12-19-9-8-14-4-3-5-16(11-14)20-2/h3-7,10-11,19H,8-9,12H2,1-2H3. The third-order valence-electron chi connectivity index (χ3n) is 3.25. The van der Waals surface area contributed by atoms with Crippen LogP contribution in [0.3, 0.4) is 0 Å². The second-order valence-corrected chi connectivity index (χ2v) is 5.73. The summed E-state index contributed by atoms with van der Waals surface area (Å²) in [5, 5.41) is 3.48. The van der Waals surface area contributed by atoms with E-state index in [1.807, 2.05) is 12.1 Å². The van der Waals surface area contributed by atoms with Gasteiger partial charge in [-0.25, -0.2) is 0 Å². The van der Waals surface area contributed by atoms with Gasteiger partial charge in [-0.3, -0.25) is 0 Å². The lowest BCUT2D eigenvalue weighted by molar-refractivity contribution is 0.414. The van der Waals surface area contributed by atoms with Gasteiger partial charge in [0.05, 0.1) is 7.11 Å². The fraction of sp³-hybridized carbons (Fsp3) is 0.294. The highest BCUT2D eigenvalue weighted by Crippen LogP contribution is 2.18. The molecule has 0 amide bonds. The van der Waals surface area contributed by atoms with Crippen molar-refractivity contribution in [2.45, 2.75) is 19.9 Å². The average Bonchev–Trinajstić information content (AvgIpc) is 2.45. The molecule has 0 atom stereocenters. The number of rotatable bonds is 6. The summed E-state index contributed by atoms with van der Waals surface area (Å²) >= 11 is 3.61. The van der Waals surface area contributed by atoms with Crippen molar-refractivity contribution >= 4 is 15.9 Å². The van der Waals surface area contributed by atoms with Gasteiger partial charge in [0.2, 0.25) is 0 Å². The fourth-order valence-corrected chi connectivity index (χ4v) is 2.71. The van der Waals surface area contributed by atoms with E-state index in [1.54, 1.807) is 7.11 Å². The summed E-state index contributed by atoms with van der Waals surface area (Å²) in [4.78, 5) is 0. The molecule has 0 aromatic heterocycles. The van der Waals surface area contributed by atoms with Crippen LogP contribution in [0, 0.1) is 6.92 Å². The van der Waals surface area contributed by atoms with Gasteiger partial charge < -0.3 is 10.1 Å². The highest BCUT2D eigenvalue weighted by atomic mass is 79.9. The molecule has 0 aliphatic rings. The van der Waals surface area contributed by atoms with Crippen molar-refractivity contribution in [2.24, 2.45) is 0 Å². The number of hydrogen-bond donors (Lipinski definition) is 1. The number of halogens is 1. The molecular weight excluding hydrogens is 314 g/mol. The summed E-state index contributed by atoms with van der Waals surface area (Å²) in [5.41, 5.74) is 3.86. The Kier molecular flexibility index (Phi) is 5.62. The zero-order valence-electron chi connectivity index (χ0n) is 11.9. The zero-order valence-corrected chi connectivity index (χ0v) is 13.5. The molecule has 0 bridgehead atoms. The first-order valence-corrected chi connectivity index (χ1v) is 7.57. The summed E-state index contributed by atoms with van der Waals surface area (Å²) < 4.78 is 6.40. The number of hydrogen-bond acceptors (Lipinski definition) is 2. The van der Waals surface area contributed by atoms with E-state index in [0.717, 1.165) is 25.3 Å². The van der Waals surface area contributed by atoms with Crippen LogP contribution in [0.25, 0.3) is 0 Å². The van der Waals surface area contributed by atoms with E-state index in [9.17, 15) is 0 Å². The van der Waals surface area contributed by atoms with Crippen LogP contribution in [-0.4, -0.2) is 13.7 Å². The van der Waals surface area contributed by atoms with Crippen molar-refractivity contribution in [3.63, 3.8) is 0 Å². The molecule has 0 radical (unpaired) electrons. The van der Waals surface area contributed by atoms with E-state index in [4.69, 9.17) is 4.74 Å². The molecular formula is C17H20BrNO. The molecule has 0 saturated heterocycles. The number of aryl methyl sites for hydroxylation is 1. The second kappa shape index (κ2) is 7.46. The van der Waals surface area contributed by atoms with E-state index in [0.29, 0.717) is 0 Å². The van der Waals surface area contributed by atoms with Gasteiger partial charge in [0.1, 0.15) is 5.75 Å². The van der Waals surface area contributed by atoms with Crippen LogP contribution in [0.5, 0.6) is 5.75 Å². The third kappa shape index (κ3) is 4.36. The van der Waals surface area contributed by atoms with Crippen LogP contribution in [0.4, 0.5) is 0 Å². The predicted molar refractivity (Wildman–Crippen MR) is 87.3 cm³/mol. The van der Waals surface area contributed by atoms with E-state index in [-0.39, 0.29) is 0 Å². The predicted octanol–water partition coefficient (Wildman–Crippen LogP) is 4.10. The summed E-state index contributed by atoms with van der Waals surface area (Å²) in [6.45, 7) is 3.93. The zero-order chi connectivity index (χ0) is 14.4. The first-order chi connectivity index (χ1) is 9.69. The first kappa shape index (κ1) is 15.1. The molecule has 20 heavy (non-hydrogen) atoms. The lowest BCUT2D eigenvalue weighted by Crippen LogP contribution is -2.17. The molecule has 0 fully saturated rings. The quantitative estimate of drug-likeness (QED) is 0.803. The van der Waals surface area contributed by atoms with E-state index in [2.05, 4.69) is 58.5 Å². The minimum absolute atomic E-state index is 0.880. The van der Waals surface area contributed by atoms with Gasteiger partial charge in [-0.1, -0.05) is 40.2 Å². The summed E-state index contributed by atoms with van der Waals surface area (Å²) in [6, 6.07) is 14.7. The molecule has 2 rings (SSSR count). The molecule has 0 spiro atoms. The number of benzene rings is 2. The maximum atomic E-state index is 5.23. The van der Waals surface area contributed by atoms with Gasteiger partial charge in [0.25, 0.3) is 0 Å². The molecule has 106 valence electrons. The van der Waals surface area contributed by atoms with Gasteiger partial charge in [0, 0.05) is 11.0 Å². The number of nitrogens with one attached hydrogen (secondary N) is 1. The lowest BCUT2D eigenvalue weighted by Gasteiger charge is -2.08. The summed E-state index contributed by atoms with van der Waals surface area (Å²) in [5.74, 6) is 0.920. The highest BCUT2D eigenvalue weighted by Gasteiger charge is 2.00. The smallest absolute Gasteiger partial charge is 0.119 e. The van der Waals surface area contributed by atoms with Gasteiger partial charge in [-0.05, 0) is 54.8 Å². The minimum atomic E-state index is 0.880. The van der Waals surface area contributed by atoms with Crippen molar-refractivity contribution in [2.75, 3.05) is 13.7 Å². The van der Waals surface area contributed by atoms with E-state index in [1.165, 1.54) is 21.2 Å². The highest BCUT2D eigenvalue weighted by molar-refractivity contribution is 9.10. The Hall–Kier alpha value is -1.32. The maximum absolute atomic E-state index is 5.23. The Morgan fingerprint density at radius 3 is 2.75 bits per heavy atom. The van der Waals surface area contributed by atoms with Crippen molar-refractivity contribution in [1.82, 2.24) is 5.32 Å². The van der Waals surface area contributed by atoms with Gasteiger partial charge in [-0.15, -0.1) is 0 Å². The molecule has 0 heterocycles. The number of methoxy groups -OCH3 is 1. The molecule has 2 aromatic carbocycles. The molecule has 0 unspecified atom stereocenters. The Bertz CT molecular complexity index is 569. The fourth-order valence-electron chi connectivity index (χ4n) is 2.08. The van der Waals surface area contributed by atoms with Crippen LogP contribution in [0.1, 0.15) is 16.7 Å². The summed E-state index contributed by atoms with van der Waals surface area (Å²) in [6.07, 6.45) is 1.00. The average molecular weight is 334 g/mol. The topological polar surface area (TPSA) is 21.3 Å². The molecule has 0 aliphatic heterocycles. The Balaban J connectivity index is 1.81. The molecule has 0 saturated carbocycles. The molecule has 2 aromatic rings. The summed E-state index contributed by atoms with van der Waals surface area (Å²) in [7, 11) is 1.70. The van der Waals surface area contributed by atoms with E-state index < -0.39 is 0 Å². The normalized spacial score (nSPS) is 10.6. The molecule has 0 aliphatic carbocycles. The van der Waals surface area contributed by atoms with Crippen LogP contribution in [0.2, 0.25) is 0 Å². The molecule has 2 nitrogen and oxygen atoms in total. The van der Waals surface area contributed by atoms with Gasteiger partial charge >= 0.3 is 0 Å². The van der Waals surface area contributed by atoms with Crippen LogP contribution < -0.4 is 10.1 Å². The van der Waals surface area contributed by atoms with Gasteiger partial charge in [-0.2, -0.15) is 0 Å². The molecule has 1 N–H and O–H groups in total. The second-order valence-electron chi connectivity index (χ2n) is 4.87. The van der Waals surface area contributed by atoms with Crippen molar-refractivity contribution < 1.29 is 4.74 Å². The third-order valence-corrected chi connectivity index (χ3v) is 3.99. The van der Waals surface area contributed by atoms with E-state index >= 15 is 0 Å². The monoisotopic (exact) mass is 333 g/mol. The van der Waals surface area contributed by atoms with Crippen LogP contribution in [-0.2, 0) is 13.0 Å². The minimum Gasteiger partial charge on any atom is -0.497 e. The van der Waals surface area contributed by atoms with Crippen molar-refractivity contribution in [1.29, 1.82) is 0 Å². The van der Waals surface area contributed by atoms with Crippen molar-refractivity contribution in [3.05, 3.63) is 63.6 Å². The Labute approximate surface area is 129 Å². The van der Waals surface area contributed by atoms with Gasteiger partial charge in [0.15, 0.2) is 0 Å². The largest absolute Gasteiger partial charge is 0.497 e. The lowest BCUT2D eigenvalue weighted by atomic mass is 10.1. The Morgan fingerprint density at radius 1 is 1.15 bits per heavy atom. The van der Waals surface area contributed by atoms with Crippen molar-refractivity contribution in [3.8, 4) is 5.75 Å². The number of ether oxygens (including phenoxy) is 1. The SMILES string of the molecule is COc1cccc(CCNCc2ccc(C)cc2Br)c1. The molecule has 3 heteroatoms. The van der Waals surface area contributed by atoms with Crippen LogP contribution >= 0.6 is 15.9 Å².